The molecule has 0 bridgehead atoms. The fraction of sp³-hybridized carbons (Fsp3) is 0.308. The lowest BCUT2D eigenvalue weighted by atomic mass is 10.2. The molecule has 0 unspecified atom stereocenters. The summed E-state index contributed by atoms with van der Waals surface area (Å²) in [6, 6.07) is 5.87. The van der Waals surface area contributed by atoms with Crippen LogP contribution in [0.3, 0.4) is 0 Å². The summed E-state index contributed by atoms with van der Waals surface area (Å²) in [5.74, 6) is 0. The monoisotopic (exact) mass is 421 g/mol. The zero-order valence-electron chi connectivity index (χ0n) is 10.3. The zero-order chi connectivity index (χ0) is 13.5. The summed E-state index contributed by atoms with van der Waals surface area (Å²) in [5.41, 5.74) is 0.355. The molecule has 0 atom stereocenters. The van der Waals surface area contributed by atoms with Gasteiger partial charge in [0.05, 0.1) is 5.52 Å². The highest BCUT2D eigenvalue weighted by atomic mass is 127. The molecule has 0 radical (unpaired) electrons. The molecular formula is C13H13BrINO2. The highest BCUT2D eigenvalue weighted by Gasteiger charge is 2.20. The Hall–Kier alpha value is -0.560. The molecule has 0 aliphatic heterocycles. The van der Waals surface area contributed by atoms with E-state index in [2.05, 4.69) is 38.5 Å². The Morgan fingerprint density at radius 2 is 2.06 bits per heavy atom. The molecule has 0 amide bonds. The van der Waals surface area contributed by atoms with Gasteiger partial charge in [-0.2, -0.15) is 0 Å². The molecule has 0 saturated carbocycles. The number of halogens is 2. The number of hydrogen-bond donors (Lipinski definition) is 0. The van der Waals surface area contributed by atoms with Crippen LogP contribution in [-0.4, -0.2) is 16.3 Å². The summed E-state index contributed by atoms with van der Waals surface area (Å²) in [4.78, 5) is 12.1. The minimum Gasteiger partial charge on any atom is -0.443 e. The lowest BCUT2D eigenvalue weighted by Gasteiger charge is -2.19. The summed E-state index contributed by atoms with van der Waals surface area (Å²) in [7, 11) is 0. The van der Waals surface area contributed by atoms with Crippen molar-refractivity contribution in [2.24, 2.45) is 0 Å². The molecule has 2 rings (SSSR count). The van der Waals surface area contributed by atoms with Gasteiger partial charge in [0.2, 0.25) is 0 Å². The van der Waals surface area contributed by atoms with Gasteiger partial charge in [0, 0.05) is 19.6 Å². The van der Waals surface area contributed by atoms with Crippen molar-refractivity contribution in [2.75, 3.05) is 0 Å². The molecule has 96 valence electrons. The molecule has 1 aromatic heterocycles. The molecule has 3 nitrogen and oxygen atoms in total. The van der Waals surface area contributed by atoms with Crippen LogP contribution in [0.2, 0.25) is 0 Å². The second-order valence-corrected chi connectivity index (χ2v) is 7.07. The van der Waals surface area contributed by atoms with Crippen molar-refractivity contribution in [1.29, 1.82) is 0 Å². The van der Waals surface area contributed by atoms with Crippen LogP contribution in [0.4, 0.5) is 4.79 Å². The normalized spacial score (nSPS) is 11.8. The maximum Gasteiger partial charge on any atom is 0.419 e. The van der Waals surface area contributed by atoms with Gasteiger partial charge in [-0.15, -0.1) is 0 Å². The number of nitrogens with zero attached hydrogens (tertiary/aromatic N) is 1. The van der Waals surface area contributed by atoms with Crippen LogP contribution in [0.1, 0.15) is 20.8 Å². The van der Waals surface area contributed by atoms with E-state index in [1.807, 2.05) is 39.0 Å². The van der Waals surface area contributed by atoms with Crippen LogP contribution < -0.4 is 0 Å². The van der Waals surface area contributed by atoms with E-state index in [1.54, 1.807) is 10.8 Å². The van der Waals surface area contributed by atoms with Gasteiger partial charge in [-0.1, -0.05) is 22.0 Å². The van der Waals surface area contributed by atoms with Crippen LogP contribution >= 0.6 is 38.5 Å². The van der Waals surface area contributed by atoms with E-state index in [-0.39, 0.29) is 6.09 Å². The number of benzene rings is 1. The van der Waals surface area contributed by atoms with E-state index in [0.29, 0.717) is 0 Å². The highest BCUT2D eigenvalue weighted by Crippen LogP contribution is 2.26. The summed E-state index contributed by atoms with van der Waals surface area (Å²) >= 11 is 5.64. The second kappa shape index (κ2) is 4.85. The van der Waals surface area contributed by atoms with Crippen molar-refractivity contribution in [3.05, 3.63) is 32.4 Å². The first kappa shape index (κ1) is 13.9. The molecule has 0 N–H and O–H groups in total. The van der Waals surface area contributed by atoms with E-state index in [1.165, 1.54) is 0 Å². The topological polar surface area (TPSA) is 31.2 Å². The first-order valence-corrected chi connectivity index (χ1v) is 7.34. The van der Waals surface area contributed by atoms with Crippen molar-refractivity contribution in [2.45, 2.75) is 26.4 Å². The molecule has 1 aromatic carbocycles. The Bertz CT molecular complexity index is 613. The van der Waals surface area contributed by atoms with Gasteiger partial charge in [0.25, 0.3) is 0 Å². The minimum absolute atomic E-state index is 0.353. The quantitative estimate of drug-likeness (QED) is 0.572. The highest BCUT2D eigenvalue weighted by molar-refractivity contribution is 14.1. The number of carbonyl (C=O) groups excluding carboxylic acids is 1. The van der Waals surface area contributed by atoms with Crippen LogP contribution in [0, 0.1) is 3.57 Å². The number of rotatable bonds is 0. The van der Waals surface area contributed by atoms with Crippen molar-refractivity contribution in [1.82, 2.24) is 4.57 Å². The number of fused-ring (bicyclic) bond motifs is 1. The van der Waals surface area contributed by atoms with Gasteiger partial charge in [-0.05, 0) is 55.5 Å². The maximum absolute atomic E-state index is 12.1. The molecule has 2 aromatic rings. The van der Waals surface area contributed by atoms with Crippen LogP contribution in [0.15, 0.2) is 28.9 Å². The van der Waals surface area contributed by atoms with Crippen LogP contribution in [-0.2, 0) is 4.74 Å². The van der Waals surface area contributed by atoms with E-state index in [9.17, 15) is 4.79 Å². The van der Waals surface area contributed by atoms with Crippen molar-refractivity contribution in [3.63, 3.8) is 0 Å². The van der Waals surface area contributed by atoms with Gasteiger partial charge >= 0.3 is 6.09 Å². The lowest BCUT2D eigenvalue weighted by Crippen LogP contribution is -2.26. The SMILES string of the molecule is CC(C)(C)OC(=O)n1cc(I)c2ccc(Br)cc21. The summed E-state index contributed by atoms with van der Waals surface area (Å²) in [6.45, 7) is 5.58. The summed E-state index contributed by atoms with van der Waals surface area (Å²) in [6.07, 6.45) is 1.44. The van der Waals surface area contributed by atoms with Gasteiger partial charge < -0.3 is 4.74 Å². The minimum atomic E-state index is -0.495. The number of ether oxygens (including phenoxy) is 1. The first-order chi connectivity index (χ1) is 8.28. The van der Waals surface area contributed by atoms with Crippen molar-refractivity contribution < 1.29 is 9.53 Å². The largest absolute Gasteiger partial charge is 0.443 e. The molecule has 0 aliphatic rings. The molecule has 18 heavy (non-hydrogen) atoms. The average molecular weight is 422 g/mol. The molecular weight excluding hydrogens is 409 g/mol. The van der Waals surface area contributed by atoms with Crippen LogP contribution in [0.5, 0.6) is 0 Å². The third-order valence-electron chi connectivity index (χ3n) is 2.31. The Morgan fingerprint density at radius 3 is 2.67 bits per heavy atom. The Kier molecular flexibility index (Phi) is 3.73. The fourth-order valence-corrected chi connectivity index (χ4v) is 2.70. The number of hydrogen-bond acceptors (Lipinski definition) is 2. The van der Waals surface area contributed by atoms with Gasteiger partial charge in [0.15, 0.2) is 0 Å². The predicted octanol–water partition coefficient (Wildman–Crippen LogP) is 4.79. The Labute approximate surface area is 128 Å². The average Bonchev–Trinajstić information content (AvgIpc) is 2.53. The van der Waals surface area contributed by atoms with E-state index in [4.69, 9.17) is 4.74 Å². The van der Waals surface area contributed by atoms with Crippen molar-refractivity contribution >= 4 is 55.5 Å². The molecule has 0 fully saturated rings. The predicted molar refractivity (Wildman–Crippen MR) is 84.0 cm³/mol. The van der Waals surface area contributed by atoms with Gasteiger partial charge in [-0.25, -0.2) is 4.79 Å². The van der Waals surface area contributed by atoms with E-state index < -0.39 is 5.60 Å². The Morgan fingerprint density at radius 1 is 1.39 bits per heavy atom. The third kappa shape index (κ3) is 2.88. The summed E-state index contributed by atoms with van der Waals surface area (Å²) in [5, 5.41) is 1.05. The molecule has 5 heteroatoms. The molecule has 0 aliphatic carbocycles. The summed E-state index contributed by atoms with van der Waals surface area (Å²) < 4.78 is 8.91. The fourth-order valence-electron chi connectivity index (χ4n) is 1.62. The van der Waals surface area contributed by atoms with Gasteiger partial charge in [-0.3, -0.25) is 4.57 Å². The van der Waals surface area contributed by atoms with Crippen molar-refractivity contribution in [3.8, 4) is 0 Å². The lowest BCUT2D eigenvalue weighted by molar-refractivity contribution is 0.0544. The first-order valence-electron chi connectivity index (χ1n) is 5.47. The molecule has 0 spiro atoms. The van der Waals surface area contributed by atoms with Gasteiger partial charge in [0.1, 0.15) is 5.60 Å². The number of aromatic nitrogens is 1. The molecule has 0 saturated heterocycles. The molecule has 1 heterocycles. The number of carbonyl (C=O) groups is 1. The standard InChI is InChI=1S/C13H13BrINO2/c1-13(2,3)18-12(17)16-7-10(15)9-5-4-8(14)6-11(9)16/h4-7H,1-3H3. The van der Waals surface area contributed by atoms with E-state index >= 15 is 0 Å². The smallest absolute Gasteiger partial charge is 0.419 e. The van der Waals surface area contributed by atoms with E-state index in [0.717, 1.165) is 18.9 Å². The third-order valence-corrected chi connectivity index (χ3v) is 3.66. The Balaban J connectivity index is 2.51. The maximum atomic E-state index is 12.1. The van der Waals surface area contributed by atoms with Crippen LogP contribution in [0.25, 0.3) is 10.9 Å². The zero-order valence-corrected chi connectivity index (χ0v) is 14.1. The second-order valence-electron chi connectivity index (χ2n) is 4.99.